The molecule has 2 fully saturated rings. The summed E-state index contributed by atoms with van der Waals surface area (Å²) in [5.74, 6) is 2.51. The molecular weight excluding hydrogens is 456 g/mol. The van der Waals surface area contributed by atoms with Crippen LogP contribution in [0.4, 0.5) is 0 Å². The van der Waals surface area contributed by atoms with Crippen molar-refractivity contribution in [2.75, 3.05) is 7.11 Å². The van der Waals surface area contributed by atoms with Crippen LogP contribution in [0.25, 0.3) is 22.5 Å². The third kappa shape index (κ3) is 3.79. The molecule has 0 radical (unpaired) electrons. The number of nitrogens with zero attached hydrogens (tertiary/aromatic N) is 5. The van der Waals surface area contributed by atoms with Crippen LogP contribution in [0.2, 0.25) is 0 Å². The fourth-order valence-electron chi connectivity index (χ4n) is 3.88. The zero-order valence-electron chi connectivity index (χ0n) is 18.6. The first-order valence-corrected chi connectivity index (χ1v) is 12.1. The predicted molar refractivity (Wildman–Crippen MR) is 125 cm³/mol. The number of rotatable bonds is 7. The number of ether oxygens (including phenoxy) is 1. The third-order valence-electron chi connectivity index (χ3n) is 6.04. The molecule has 0 unspecified atom stereocenters. The Hall–Kier alpha value is -3.47. The van der Waals surface area contributed by atoms with Crippen LogP contribution in [0, 0.1) is 0 Å². The molecule has 1 aromatic carbocycles. The predicted octanol–water partition coefficient (Wildman–Crippen LogP) is 3.60. The second-order valence-corrected chi connectivity index (χ2v) is 9.98. The molecule has 11 heteroatoms. The smallest absolute Gasteiger partial charge is 0.330 e. The van der Waals surface area contributed by atoms with Gasteiger partial charge in [0.25, 0.3) is 5.56 Å². The number of hydrogen-bond donors (Lipinski definition) is 1. The van der Waals surface area contributed by atoms with Gasteiger partial charge in [-0.3, -0.25) is 14.3 Å². The molecule has 2 aliphatic carbocycles. The zero-order chi connectivity index (χ0) is 23.4. The lowest BCUT2D eigenvalue weighted by Crippen LogP contribution is -2.31. The molecule has 1 atom stereocenters. The van der Waals surface area contributed by atoms with Crippen molar-refractivity contribution in [2.24, 2.45) is 0 Å². The van der Waals surface area contributed by atoms with E-state index >= 15 is 0 Å². The second-order valence-electron chi connectivity index (χ2n) is 8.65. The Morgan fingerprint density at radius 1 is 1.12 bits per heavy atom. The highest BCUT2D eigenvalue weighted by molar-refractivity contribution is 7.99. The maximum Gasteiger partial charge on any atom is 0.330 e. The maximum absolute atomic E-state index is 12.8. The van der Waals surface area contributed by atoms with Crippen molar-refractivity contribution in [2.45, 2.75) is 54.8 Å². The summed E-state index contributed by atoms with van der Waals surface area (Å²) < 4.78 is 12.7. The molecule has 0 saturated heterocycles. The second kappa shape index (κ2) is 8.08. The Kier molecular flexibility index (Phi) is 5.01. The fourth-order valence-corrected chi connectivity index (χ4v) is 4.86. The van der Waals surface area contributed by atoms with Gasteiger partial charge in [0, 0.05) is 17.5 Å². The molecule has 0 amide bonds. The van der Waals surface area contributed by atoms with Gasteiger partial charge in [0.1, 0.15) is 22.0 Å². The van der Waals surface area contributed by atoms with Crippen LogP contribution in [0.15, 0.2) is 43.3 Å². The van der Waals surface area contributed by atoms with Crippen molar-refractivity contribution >= 4 is 22.8 Å². The molecule has 1 N–H and O–H groups in total. The topological polar surface area (TPSA) is 129 Å². The van der Waals surface area contributed by atoms with E-state index in [1.807, 2.05) is 31.2 Å². The van der Waals surface area contributed by atoms with Crippen molar-refractivity contribution < 1.29 is 9.15 Å². The summed E-state index contributed by atoms with van der Waals surface area (Å²) in [5, 5.41) is 8.99. The van der Waals surface area contributed by atoms with Gasteiger partial charge in [0.2, 0.25) is 11.8 Å². The van der Waals surface area contributed by atoms with Crippen molar-refractivity contribution in [3.8, 4) is 17.2 Å². The molecule has 4 aromatic rings. The standard InChI is InChI=1S/C23H22N6O4S/c1-11(20-27-28-21(33-20)13-5-9-15(32-2)10-6-13)34-22-16-18(24-17(25-22)12-3-4-12)29(14-7-8-14)23(31)26-19(16)30/h5-6,9-12,14H,3-4,7-8H2,1-2H3,(H,26,30,31)/t11-/m1/s1. The van der Waals surface area contributed by atoms with E-state index in [0.717, 1.165) is 37.0 Å². The summed E-state index contributed by atoms with van der Waals surface area (Å²) in [4.78, 5) is 37.3. The molecule has 0 aliphatic heterocycles. The summed E-state index contributed by atoms with van der Waals surface area (Å²) in [6.45, 7) is 1.92. The van der Waals surface area contributed by atoms with E-state index < -0.39 is 11.2 Å². The number of thioether (sulfide) groups is 1. The number of aromatic amines is 1. The van der Waals surface area contributed by atoms with Crippen LogP contribution in [-0.2, 0) is 0 Å². The molecule has 6 rings (SSSR count). The van der Waals surface area contributed by atoms with Gasteiger partial charge in [-0.1, -0.05) is 11.8 Å². The van der Waals surface area contributed by atoms with E-state index in [2.05, 4.69) is 20.2 Å². The van der Waals surface area contributed by atoms with E-state index in [9.17, 15) is 9.59 Å². The SMILES string of the molecule is COc1ccc(-c2nnc([C@@H](C)Sc3nc(C4CC4)nc4c3c(=O)[nH]c(=O)n4C3CC3)o2)cc1. The van der Waals surface area contributed by atoms with Crippen LogP contribution >= 0.6 is 11.8 Å². The number of methoxy groups -OCH3 is 1. The normalized spacial score (nSPS) is 16.6. The van der Waals surface area contributed by atoms with Gasteiger partial charge in [-0.2, -0.15) is 0 Å². The molecular formula is C23H22N6O4S. The van der Waals surface area contributed by atoms with Gasteiger partial charge in [0.15, 0.2) is 5.65 Å². The molecule has 3 aromatic heterocycles. The number of H-pyrrole nitrogens is 1. The minimum absolute atomic E-state index is 0.0760. The molecule has 0 bridgehead atoms. The zero-order valence-corrected chi connectivity index (χ0v) is 19.5. The Labute approximate surface area is 197 Å². The maximum atomic E-state index is 12.8. The summed E-state index contributed by atoms with van der Waals surface area (Å²) in [7, 11) is 1.61. The molecule has 2 saturated carbocycles. The van der Waals surface area contributed by atoms with E-state index in [-0.39, 0.29) is 17.2 Å². The molecule has 0 spiro atoms. The van der Waals surface area contributed by atoms with Gasteiger partial charge < -0.3 is 9.15 Å². The third-order valence-corrected chi connectivity index (χ3v) is 7.11. The van der Waals surface area contributed by atoms with Crippen molar-refractivity contribution in [1.82, 2.24) is 29.7 Å². The lowest BCUT2D eigenvalue weighted by molar-refractivity contribution is 0.415. The van der Waals surface area contributed by atoms with Gasteiger partial charge in [-0.25, -0.2) is 14.8 Å². The van der Waals surface area contributed by atoms with E-state index in [4.69, 9.17) is 14.1 Å². The molecule has 34 heavy (non-hydrogen) atoms. The average Bonchev–Trinajstić information content (AvgIpc) is 3.77. The van der Waals surface area contributed by atoms with Crippen LogP contribution in [0.3, 0.4) is 0 Å². The summed E-state index contributed by atoms with van der Waals surface area (Å²) >= 11 is 1.36. The monoisotopic (exact) mass is 478 g/mol. The van der Waals surface area contributed by atoms with E-state index in [1.165, 1.54) is 11.8 Å². The van der Waals surface area contributed by atoms with Crippen LogP contribution in [-0.4, -0.2) is 36.8 Å². The Bertz CT molecular complexity index is 1500. The molecule has 10 nitrogen and oxygen atoms in total. The fraction of sp³-hybridized carbons (Fsp3) is 0.391. The number of hydrogen-bond acceptors (Lipinski definition) is 9. The first-order valence-electron chi connectivity index (χ1n) is 11.2. The quantitative estimate of drug-likeness (QED) is 0.313. The number of benzene rings is 1. The van der Waals surface area contributed by atoms with Crippen molar-refractivity contribution in [3.63, 3.8) is 0 Å². The van der Waals surface area contributed by atoms with Crippen LogP contribution in [0.5, 0.6) is 5.75 Å². The Morgan fingerprint density at radius 3 is 2.56 bits per heavy atom. The number of fused-ring (bicyclic) bond motifs is 1. The van der Waals surface area contributed by atoms with Gasteiger partial charge in [-0.15, -0.1) is 10.2 Å². The summed E-state index contributed by atoms with van der Waals surface area (Å²) in [6.07, 6.45) is 3.82. The van der Waals surface area contributed by atoms with Gasteiger partial charge in [0.05, 0.1) is 12.4 Å². The Morgan fingerprint density at radius 2 is 1.88 bits per heavy atom. The minimum atomic E-state index is -0.474. The average molecular weight is 479 g/mol. The van der Waals surface area contributed by atoms with E-state index in [0.29, 0.717) is 33.7 Å². The largest absolute Gasteiger partial charge is 0.497 e. The summed E-state index contributed by atoms with van der Waals surface area (Å²) in [6, 6.07) is 7.44. The number of aromatic nitrogens is 6. The Balaban J connectivity index is 1.38. The highest BCUT2D eigenvalue weighted by Gasteiger charge is 2.33. The highest BCUT2D eigenvalue weighted by atomic mass is 32.2. The minimum Gasteiger partial charge on any atom is -0.497 e. The van der Waals surface area contributed by atoms with Crippen LogP contribution < -0.4 is 16.0 Å². The van der Waals surface area contributed by atoms with Crippen molar-refractivity contribution in [1.29, 1.82) is 0 Å². The lowest BCUT2D eigenvalue weighted by atomic mass is 10.2. The van der Waals surface area contributed by atoms with Gasteiger partial charge in [-0.05, 0) is 56.9 Å². The number of nitrogens with one attached hydrogen (secondary N) is 1. The highest BCUT2D eigenvalue weighted by Crippen LogP contribution is 2.43. The summed E-state index contributed by atoms with van der Waals surface area (Å²) in [5.41, 5.74) is 0.321. The van der Waals surface area contributed by atoms with Crippen LogP contribution in [0.1, 0.15) is 61.5 Å². The molecule has 3 heterocycles. The molecule has 174 valence electrons. The first kappa shape index (κ1) is 21.1. The van der Waals surface area contributed by atoms with E-state index in [1.54, 1.807) is 11.7 Å². The first-order chi connectivity index (χ1) is 16.5. The molecule has 2 aliphatic rings. The van der Waals surface area contributed by atoms with Gasteiger partial charge >= 0.3 is 5.69 Å². The van der Waals surface area contributed by atoms with Crippen molar-refractivity contribution in [3.05, 3.63) is 56.8 Å². The lowest BCUT2D eigenvalue weighted by Gasteiger charge is -2.13.